The SMILES string of the molecule is CCC(C)N(C(=O)C(CO)NC(=O)OC(C)(C)C)C(C(=O)Nc1ccccc1C)c1ccccc1. The van der Waals surface area contributed by atoms with E-state index in [2.05, 4.69) is 10.6 Å². The van der Waals surface area contributed by atoms with E-state index < -0.39 is 42.2 Å². The first-order valence-electron chi connectivity index (χ1n) is 11.8. The average Bonchev–Trinajstić information content (AvgIpc) is 2.80. The van der Waals surface area contributed by atoms with Crippen LogP contribution < -0.4 is 10.6 Å². The largest absolute Gasteiger partial charge is 0.444 e. The molecule has 3 atom stereocenters. The molecule has 3 unspecified atom stereocenters. The van der Waals surface area contributed by atoms with Gasteiger partial charge < -0.3 is 25.4 Å². The number of carbonyl (C=O) groups excluding carboxylic acids is 3. The van der Waals surface area contributed by atoms with E-state index in [0.717, 1.165) is 5.56 Å². The number of ether oxygens (including phenoxy) is 1. The molecule has 0 fully saturated rings. The van der Waals surface area contributed by atoms with Crippen LogP contribution in [-0.2, 0) is 14.3 Å². The maximum absolute atomic E-state index is 13.7. The molecule has 0 radical (unpaired) electrons. The van der Waals surface area contributed by atoms with Crippen molar-refractivity contribution in [2.75, 3.05) is 11.9 Å². The van der Waals surface area contributed by atoms with Crippen LogP contribution in [0.1, 0.15) is 58.2 Å². The van der Waals surface area contributed by atoms with Gasteiger partial charge in [-0.05, 0) is 58.2 Å². The van der Waals surface area contributed by atoms with Gasteiger partial charge in [0.2, 0.25) is 5.91 Å². The van der Waals surface area contributed by atoms with Crippen molar-refractivity contribution in [3.8, 4) is 0 Å². The van der Waals surface area contributed by atoms with Gasteiger partial charge in [0.1, 0.15) is 17.7 Å². The van der Waals surface area contributed by atoms with Gasteiger partial charge in [0, 0.05) is 11.7 Å². The van der Waals surface area contributed by atoms with Crippen LogP contribution in [0, 0.1) is 6.92 Å². The topological polar surface area (TPSA) is 108 Å². The molecule has 0 aromatic heterocycles. The molecule has 0 saturated carbocycles. The zero-order valence-electron chi connectivity index (χ0n) is 21.4. The first kappa shape index (κ1) is 27.9. The summed E-state index contributed by atoms with van der Waals surface area (Å²) in [6.07, 6.45) is -0.272. The van der Waals surface area contributed by atoms with Gasteiger partial charge in [0.05, 0.1) is 6.61 Å². The quantitative estimate of drug-likeness (QED) is 0.496. The Morgan fingerprint density at radius 3 is 2.17 bits per heavy atom. The smallest absolute Gasteiger partial charge is 0.408 e. The second-order valence-electron chi connectivity index (χ2n) is 9.50. The molecule has 35 heavy (non-hydrogen) atoms. The van der Waals surface area contributed by atoms with E-state index in [0.29, 0.717) is 17.7 Å². The molecule has 0 aliphatic heterocycles. The van der Waals surface area contributed by atoms with Crippen LogP contribution in [0.3, 0.4) is 0 Å². The summed E-state index contributed by atoms with van der Waals surface area (Å²) >= 11 is 0. The highest BCUT2D eigenvalue weighted by molar-refractivity contribution is 5.99. The molecule has 0 heterocycles. The molecule has 3 amide bonds. The Morgan fingerprint density at radius 2 is 1.63 bits per heavy atom. The van der Waals surface area contributed by atoms with Crippen LogP contribution >= 0.6 is 0 Å². The van der Waals surface area contributed by atoms with Gasteiger partial charge in [0.15, 0.2) is 0 Å². The monoisotopic (exact) mass is 483 g/mol. The van der Waals surface area contributed by atoms with E-state index in [4.69, 9.17) is 4.74 Å². The van der Waals surface area contributed by atoms with Crippen molar-refractivity contribution >= 4 is 23.6 Å². The minimum Gasteiger partial charge on any atom is -0.444 e. The van der Waals surface area contributed by atoms with Crippen LogP contribution in [-0.4, -0.2) is 52.2 Å². The molecule has 0 aliphatic carbocycles. The molecular weight excluding hydrogens is 446 g/mol. The van der Waals surface area contributed by atoms with Gasteiger partial charge in [-0.2, -0.15) is 0 Å². The third-order valence-electron chi connectivity index (χ3n) is 5.54. The normalized spacial score (nSPS) is 13.8. The fourth-order valence-corrected chi connectivity index (χ4v) is 3.60. The summed E-state index contributed by atoms with van der Waals surface area (Å²) in [7, 11) is 0. The van der Waals surface area contributed by atoms with Crippen LogP contribution in [0.5, 0.6) is 0 Å². The minimum atomic E-state index is -1.28. The number of alkyl carbamates (subject to hydrolysis) is 1. The molecule has 190 valence electrons. The second-order valence-corrected chi connectivity index (χ2v) is 9.50. The predicted molar refractivity (Wildman–Crippen MR) is 136 cm³/mol. The maximum atomic E-state index is 13.7. The van der Waals surface area contributed by atoms with Crippen LogP contribution in [0.25, 0.3) is 0 Å². The van der Waals surface area contributed by atoms with E-state index in [-0.39, 0.29) is 6.04 Å². The van der Waals surface area contributed by atoms with Crippen molar-refractivity contribution in [2.24, 2.45) is 0 Å². The fraction of sp³-hybridized carbons (Fsp3) is 0.444. The number of rotatable bonds is 9. The number of hydrogen-bond donors (Lipinski definition) is 3. The Morgan fingerprint density at radius 1 is 1.03 bits per heavy atom. The summed E-state index contributed by atoms with van der Waals surface area (Å²) in [5, 5.41) is 15.4. The molecule has 8 nitrogen and oxygen atoms in total. The van der Waals surface area contributed by atoms with Gasteiger partial charge in [0.25, 0.3) is 5.91 Å². The first-order valence-corrected chi connectivity index (χ1v) is 11.8. The number of carbonyl (C=O) groups is 3. The van der Waals surface area contributed by atoms with E-state index in [9.17, 15) is 19.5 Å². The molecule has 8 heteroatoms. The summed E-state index contributed by atoms with van der Waals surface area (Å²) in [5.74, 6) is -0.977. The molecule has 3 N–H and O–H groups in total. The average molecular weight is 484 g/mol. The molecule has 0 saturated heterocycles. The number of aryl methyl sites for hydroxylation is 1. The lowest BCUT2D eigenvalue weighted by molar-refractivity contribution is -0.144. The highest BCUT2D eigenvalue weighted by Crippen LogP contribution is 2.28. The molecular formula is C27H37N3O5. The standard InChI is InChI=1S/C27H37N3O5/c1-7-19(3)30(25(33)22(17-31)29-26(34)35-27(4,5)6)23(20-14-9-8-10-15-20)24(32)28-21-16-12-11-13-18(21)2/h8-16,19,22-23,31H,7,17H2,1-6H3,(H,28,32)(H,29,34). The number of amides is 3. The Labute approximate surface area is 207 Å². The Bertz CT molecular complexity index is 1000. The van der Waals surface area contributed by atoms with Gasteiger partial charge >= 0.3 is 6.09 Å². The van der Waals surface area contributed by atoms with Crippen LogP contribution in [0.4, 0.5) is 10.5 Å². The van der Waals surface area contributed by atoms with Gasteiger partial charge in [-0.3, -0.25) is 9.59 Å². The third-order valence-corrected chi connectivity index (χ3v) is 5.54. The zero-order chi connectivity index (χ0) is 26.2. The Kier molecular flexibility index (Phi) is 9.83. The summed E-state index contributed by atoms with van der Waals surface area (Å²) < 4.78 is 5.26. The lowest BCUT2D eigenvalue weighted by Gasteiger charge is -2.38. The zero-order valence-corrected chi connectivity index (χ0v) is 21.4. The summed E-state index contributed by atoms with van der Waals surface area (Å²) in [4.78, 5) is 41.2. The van der Waals surface area contributed by atoms with Crippen molar-refractivity contribution in [1.82, 2.24) is 10.2 Å². The van der Waals surface area contributed by atoms with Crippen molar-refractivity contribution in [3.05, 3.63) is 65.7 Å². The predicted octanol–water partition coefficient (Wildman–Crippen LogP) is 4.19. The molecule has 2 aromatic carbocycles. The Hall–Kier alpha value is -3.39. The summed E-state index contributed by atoms with van der Waals surface area (Å²) in [6, 6.07) is 13.7. The highest BCUT2D eigenvalue weighted by Gasteiger charge is 2.38. The molecule has 0 spiro atoms. The lowest BCUT2D eigenvalue weighted by Crippen LogP contribution is -2.56. The number of benzene rings is 2. The lowest BCUT2D eigenvalue weighted by atomic mass is 9.99. The number of para-hydroxylation sites is 1. The van der Waals surface area contributed by atoms with Gasteiger partial charge in [-0.15, -0.1) is 0 Å². The van der Waals surface area contributed by atoms with Gasteiger partial charge in [-0.1, -0.05) is 55.5 Å². The minimum absolute atomic E-state index is 0.371. The van der Waals surface area contributed by atoms with Gasteiger partial charge in [-0.25, -0.2) is 4.79 Å². The van der Waals surface area contributed by atoms with Crippen LogP contribution in [0.2, 0.25) is 0 Å². The van der Waals surface area contributed by atoms with E-state index in [1.165, 1.54) is 4.90 Å². The molecule has 2 aromatic rings. The number of hydrogen-bond acceptors (Lipinski definition) is 5. The summed E-state index contributed by atoms with van der Waals surface area (Å²) in [5.41, 5.74) is 1.36. The van der Waals surface area contributed by atoms with E-state index in [1.807, 2.05) is 45.0 Å². The first-order chi connectivity index (χ1) is 16.5. The van der Waals surface area contributed by atoms with Crippen molar-refractivity contribution in [2.45, 2.75) is 71.7 Å². The number of nitrogens with one attached hydrogen (secondary N) is 2. The number of nitrogens with zero attached hydrogens (tertiary/aromatic N) is 1. The van der Waals surface area contributed by atoms with Crippen molar-refractivity contribution in [3.63, 3.8) is 0 Å². The molecule has 0 aliphatic rings. The summed E-state index contributed by atoms with van der Waals surface area (Å²) in [6.45, 7) is 10.1. The fourth-order valence-electron chi connectivity index (χ4n) is 3.60. The number of aliphatic hydroxyl groups is 1. The van der Waals surface area contributed by atoms with Crippen molar-refractivity contribution in [1.29, 1.82) is 0 Å². The highest BCUT2D eigenvalue weighted by atomic mass is 16.6. The Balaban J connectivity index is 2.46. The van der Waals surface area contributed by atoms with E-state index in [1.54, 1.807) is 51.1 Å². The second kappa shape index (κ2) is 12.4. The molecule has 0 bridgehead atoms. The number of anilines is 1. The molecule has 2 rings (SSSR count). The maximum Gasteiger partial charge on any atom is 0.408 e. The van der Waals surface area contributed by atoms with Crippen molar-refractivity contribution < 1.29 is 24.2 Å². The third kappa shape index (κ3) is 7.82. The van der Waals surface area contributed by atoms with E-state index >= 15 is 0 Å². The van der Waals surface area contributed by atoms with Crippen LogP contribution in [0.15, 0.2) is 54.6 Å². The number of aliphatic hydroxyl groups excluding tert-OH is 1.